The van der Waals surface area contributed by atoms with Gasteiger partial charge in [0, 0.05) is 0 Å². The van der Waals surface area contributed by atoms with Crippen molar-refractivity contribution in [3.63, 3.8) is 0 Å². The summed E-state index contributed by atoms with van der Waals surface area (Å²) in [5, 5.41) is 0. The minimum atomic E-state index is 0.767. The minimum absolute atomic E-state index is 0.767. The molecular formula is C10H13O2. The summed E-state index contributed by atoms with van der Waals surface area (Å²) in [6.45, 7) is 1.99. The topological polar surface area (TPSA) is 18.5 Å². The van der Waals surface area contributed by atoms with Crippen LogP contribution >= 0.6 is 0 Å². The Balaban J connectivity index is 3.02. The van der Waals surface area contributed by atoms with Crippen LogP contribution < -0.4 is 9.47 Å². The van der Waals surface area contributed by atoms with Crippen molar-refractivity contribution in [2.75, 3.05) is 14.2 Å². The number of hydrogen-bond donors (Lipinski definition) is 0. The van der Waals surface area contributed by atoms with Gasteiger partial charge in [0.05, 0.1) is 14.2 Å². The van der Waals surface area contributed by atoms with E-state index in [0.717, 1.165) is 17.1 Å². The highest BCUT2D eigenvalue weighted by Gasteiger charge is 2.02. The molecule has 0 aliphatic rings. The summed E-state index contributed by atoms with van der Waals surface area (Å²) >= 11 is 0. The highest BCUT2D eigenvalue weighted by molar-refractivity contribution is 5.44. The van der Waals surface area contributed by atoms with Gasteiger partial charge in [-0.2, -0.15) is 0 Å². The molecule has 0 fully saturated rings. The quantitative estimate of drug-likeness (QED) is 0.684. The molecular weight excluding hydrogens is 152 g/mol. The van der Waals surface area contributed by atoms with Crippen molar-refractivity contribution in [3.8, 4) is 11.5 Å². The van der Waals surface area contributed by atoms with Crippen LogP contribution in [0.15, 0.2) is 18.2 Å². The van der Waals surface area contributed by atoms with Crippen molar-refractivity contribution in [1.29, 1.82) is 0 Å². The number of methoxy groups -OCH3 is 2. The zero-order valence-electron chi connectivity index (χ0n) is 7.63. The van der Waals surface area contributed by atoms with Gasteiger partial charge in [-0.25, -0.2) is 0 Å². The monoisotopic (exact) mass is 165 g/mol. The van der Waals surface area contributed by atoms with Crippen LogP contribution in [0.5, 0.6) is 11.5 Å². The lowest BCUT2D eigenvalue weighted by Gasteiger charge is -2.07. The van der Waals surface area contributed by atoms with Crippen LogP contribution in [0.1, 0.15) is 12.5 Å². The highest BCUT2D eigenvalue weighted by atomic mass is 16.5. The Morgan fingerprint density at radius 1 is 1.08 bits per heavy atom. The summed E-state index contributed by atoms with van der Waals surface area (Å²) in [7, 11) is 3.27. The molecule has 0 unspecified atom stereocenters. The fourth-order valence-electron chi connectivity index (χ4n) is 1.03. The van der Waals surface area contributed by atoms with Crippen molar-refractivity contribution in [2.24, 2.45) is 0 Å². The molecule has 12 heavy (non-hydrogen) atoms. The molecule has 1 aromatic carbocycles. The van der Waals surface area contributed by atoms with Gasteiger partial charge in [-0.3, -0.25) is 0 Å². The molecule has 0 heterocycles. The molecule has 0 N–H and O–H groups in total. The van der Waals surface area contributed by atoms with E-state index in [2.05, 4.69) is 0 Å². The predicted octanol–water partition coefficient (Wildman–Crippen LogP) is 2.28. The molecule has 2 heteroatoms. The number of rotatable bonds is 3. The molecule has 2 nitrogen and oxygen atoms in total. The Hall–Kier alpha value is -1.18. The first-order valence-electron chi connectivity index (χ1n) is 3.83. The van der Waals surface area contributed by atoms with Crippen LogP contribution in [0.25, 0.3) is 0 Å². The molecule has 0 saturated heterocycles. The molecule has 0 aromatic heterocycles. The van der Waals surface area contributed by atoms with E-state index >= 15 is 0 Å². The van der Waals surface area contributed by atoms with Crippen molar-refractivity contribution in [1.82, 2.24) is 0 Å². The Morgan fingerprint density at radius 3 is 2.25 bits per heavy atom. The molecule has 0 aliphatic carbocycles. The van der Waals surface area contributed by atoms with E-state index in [9.17, 15) is 0 Å². The van der Waals surface area contributed by atoms with Gasteiger partial charge in [0.2, 0.25) is 0 Å². The van der Waals surface area contributed by atoms with Gasteiger partial charge in [-0.05, 0) is 24.1 Å². The van der Waals surface area contributed by atoms with E-state index in [1.807, 2.05) is 31.5 Å². The van der Waals surface area contributed by atoms with Gasteiger partial charge in [0.25, 0.3) is 0 Å². The molecule has 0 aliphatic heterocycles. The maximum atomic E-state index is 5.13. The molecule has 0 atom stereocenters. The van der Waals surface area contributed by atoms with Crippen molar-refractivity contribution >= 4 is 0 Å². The van der Waals surface area contributed by atoms with Crippen molar-refractivity contribution in [2.45, 2.75) is 6.92 Å². The standard InChI is InChI=1S/C10H13O2/c1-4-8-5-6-9(11-2)10(7-8)12-3/h4-7H,1-3H3. The molecule has 0 bridgehead atoms. The number of hydrogen-bond acceptors (Lipinski definition) is 2. The van der Waals surface area contributed by atoms with E-state index in [4.69, 9.17) is 9.47 Å². The molecule has 1 rings (SSSR count). The summed E-state index contributed by atoms with van der Waals surface area (Å²) in [6, 6.07) is 5.83. The van der Waals surface area contributed by atoms with Crippen molar-refractivity contribution in [3.05, 3.63) is 30.2 Å². The predicted molar refractivity (Wildman–Crippen MR) is 48.6 cm³/mol. The largest absolute Gasteiger partial charge is 0.493 e. The minimum Gasteiger partial charge on any atom is -0.493 e. The fraction of sp³-hybridized carbons (Fsp3) is 0.300. The Kier molecular flexibility index (Phi) is 2.97. The zero-order chi connectivity index (χ0) is 8.97. The SMILES string of the molecule is C[CH]c1ccc(OC)c(OC)c1. The lowest BCUT2D eigenvalue weighted by molar-refractivity contribution is 0.355. The number of ether oxygens (including phenoxy) is 2. The number of benzene rings is 1. The van der Waals surface area contributed by atoms with E-state index in [1.54, 1.807) is 14.2 Å². The summed E-state index contributed by atoms with van der Waals surface area (Å²) in [6.07, 6.45) is 2.02. The van der Waals surface area contributed by atoms with Crippen LogP contribution in [0.3, 0.4) is 0 Å². The van der Waals surface area contributed by atoms with E-state index in [0.29, 0.717) is 0 Å². The maximum Gasteiger partial charge on any atom is 0.160 e. The molecule has 0 spiro atoms. The normalized spacial score (nSPS) is 9.58. The second kappa shape index (κ2) is 4.00. The van der Waals surface area contributed by atoms with Crippen LogP contribution in [0, 0.1) is 6.42 Å². The van der Waals surface area contributed by atoms with Gasteiger partial charge >= 0.3 is 0 Å². The highest BCUT2D eigenvalue weighted by Crippen LogP contribution is 2.27. The maximum absolute atomic E-state index is 5.13. The zero-order valence-corrected chi connectivity index (χ0v) is 7.63. The van der Waals surface area contributed by atoms with Gasteiger partial charge in [0.1, 0.15) is 0 Å². The van der Waals surface area contributed by atoms with E-state index in [1.165, 1.54) is 0 Å². The second-order valence-electron chi connectivity index (χ2n) is 2.40. The Morgan fingerprint density at radius 2 is 1.75 bits per heavy atom. The third kappa shape index (κ3) is 1.70. The van der Waals surface area contributed by atoms with Crippen LogP contribution in [0.4, 0.5) is 0 Å². The Labute approximate surface area is 73.1 Å². The summed E-state index contributed by atoms with van der Waals surface area (Å²) < 4.78 is 10.2. The fourth-order valence-corrected chi connectivity index (χ4v) is 1.03. The van der Waals surface area contributed by atoms with Gasteiger partial charge in [0.15, 0.2) is 11.5 Å². The molecule has 1 aromatic rings. The van der Waals surface area contributed by atoms with Gasteiger partial charge < -0.3 is 9.47 Å². The summed E-state index contributed by atoms with van der Waals surface area (Å²) in [5.41, 5.74) is 1.13. The first kappa shape index (κ1) is 8.91. The van der Waals surface area contributed by atoms with Crippen molar-refractivity contribution < 1.29 is 9.47 Å². The Bertz CT molecular complexity index is 256. The molecule has 0 amide bonds. The first-order chi connectivity index (χ1) is 5.81. The summed E-state index contributed by atoms with van der Waals surface area (Å²) in [5.74, 6) is 1.54. The lowest BCUT2D eigenvalue weighted by atomic mass is 10.1. The van der Waals surface area contributed by atoms with Crippen LogP contribution in [0.2, 0.25) is 0 Å². The van der Waals surface area contributed by atoms with Crippen LogP contribution in [-0.2, 0) is 0 Å². The third-order valence-corrected chi connectivity index (χ3v) is 1.74. The summed E-state index contributed by atoms with van der Waals surface area (Å²) in [4.78, 5) is 0. The van der Waals surface area contributed by atoms with Gasteiger partial charge in [-0.1, -0.05) is 13.0 Å². The van der Waals surface area contributed by atoms with E-state index in [-0.39, 0.29) is 0 Å². The molecule has 0 saturated carbocycles. The smallest absolute Gasteiger partial charge is 0.160 e. The molecule has 1 radical (unpaired) electrons. The van der Waals surface area contributed by atoms with Gasteiger partial charge in [-0.15, -0.1) is 0 Å². The van der Waals surface area contributed by atoms with E-state index < -0.39 is 0 Å². The second-order valence-corrected chi connectivity index (χ2v) is 2.40. The lowest BCUT2D eigenvalue weighted by Crippen LogP contribution is -1.91. The molecule has 65 valence electrons. The third-order valence-electron chi connectivity index (χ3n) is 1.74. The average Bonchev–Trinajstić information content (AvgIpc) is 2.16. The first-order valence-corrected chi connectivity index (χ1v) is 3.83. The average molecular weight is 165 g/mol. The van der Waals surface area contributed by atoms with Crippen LogP contribution in [-0.4, -0.2) is 14.2 Å².